The van der Waals surface area contributed by atoms with E-state index in [4.69, 9.17) is 9.52 Å². The third-order valence-electron chi connectivity index (χ3n) is 3.44. The molecule has 0 atom stereocenters. The number of hydrogen-bond acceptors (Lipinski definition) is 5. The molecule has 1 heterocycles. The van der Waals surface area contributed by atoms with Gasteiger partial charge in [-0.25, -0.2) is 4.98 Å². The van der Waals surface area contributed by atoms with E-state index < -0.39 is 5.97 Å². The number of aromatic nitrogens is 1. The van der Waals surface area contributed by atoms with Gasteiger partial charge in [0.05, 0.1) is 0 Å². The van der Waals surface area contributed by atoms with Crippen molar-refractivity contribution < 1.29 is 19.1 Å². The quantitative estimate of drug-likeness (QED) is 0.635. The lowest BCUT2D eigenvalue weighted by molar-refractivity contribution is -0.133. The van der Waals surface area contributed by atoms with Crippen LogP contribution in [0.3, 0.4) is 0 Å². The van der Waals surface area contributed by atoms with Gasteiger partial charge in [-0.15, -0.1) is 0 Å². The second-order valence-corrected chi connectivity index (χ2v) is 6.39. The van der Waals surface area contributed by atoms with Gasteiger partial charge in [-0.3, -0.25) is 9.59 Å². The van der Waals surface area contributed by atoms with Crippen molar-refractivity contribution in [3.8, 4) is 22.6 Å². The van der Waals surface area contributed by atoms with Crippen LogP contribution in [0.25, 0.3) is 22.6 Å². The Morgan fingerprint density at radius 2 is 1.77 bits per heavy atom. The molecule has 0 aliphatic heterocycles. The zero-order chi connectivity index (χ0) is 18.5. The predicted molar refractivity (Wildman–Crippen MR) is 100 cm³/mol. The molecule has 132 valence electrons. The largest absolute Gasteiger partial charge is 0.481 e. The van der Waals surface area contributed by atoms with Crippen molar-refractivity contribution in [3.05, 3.63) is 54.6 Å². The highest BCUT2D eigenvalue weighted by atomic mass is 32.2. The summed E-state index contributed by atoms with van der Waals surface area (Å²) in [7, 11) is 0. The fraction of sp³-hybridized carbons (Fsp3) is 0.105. The van der Waals surface area contributed by atoms with Gasteiger partial charge in [0, 0.05) is 23.7 Å². The first-order chi connectivity index (χ1) is 12.5. The van der Waals surface area contributed by atoms with Crippen LogP contribution in [0.4, 0.5) is 5.69 Å². The summed E-state index contributed by atoms with van der Waals surface area (Å²) in [5.74, 6) is -0.631. The first kappa shape index (κ1) is 17.8. The third-order valence-corrected chi connectivity index (χ3v) is 4.25. The number of nitrogens with zero attached hydrogens (tertiary/aromatic N) is 1. The number of aliphatic carboxylic acids is 1. The monoisotopic (exact) mass is 368 g/mol. The molecule has 0 bridgehead atoms. The fourth-order valence-corrected chi connectivity index (χ4v) is 2.93. The van der Waals surface area contributed by atoms with Crippen LogP contribution in [-0.4, -0.2) is 27.7 Å². The first-order valence-corrected chi connectivity index (χ1v) is 8.80. The molecule has 7 heteroatoms. The molecule has 0 fully saturated rings. The molecule has 0 aliphatic carbocycles. The summed E-state index contributed by atoms with van der Waals surface area (Å²) >= 11 is 1.03. The normalized spacial score (nSPS) is 10.5. The lowest BCUT2D eigenvalue weighted by Crippen LogP contribution is -2.05. The smallest absolute Gasteiger partial charge is 0.314 e. The van der Waals surface area contributed by atoms with E-state index in [1.165, 1.54) is 6.92 Å². The van der Waals surface area contributed by atoms with Gasteiger partial charge in [0.2, 0.25) is 5.91 Å². The van der Waals surface area contributed by atoms with E-state index in [0.717, 1.165) is 22.9 Å². The van der Waals surface area contributed by atoms with E-state index in [2.05, 4.69) is 10.3 Å². The number of carbonyl (C=O) groups is 2. The van der Waals surface area contributed by atoms with Gasteiger partial charge in [0.1, 0.15) is 11.4 Å². The van der Waals surface area contributed by atoms with Gasteiger partial charge in [-0.2, -0.15) is 0 Å². The Bertz CT molecular complexity index is 920. The van der Waals surface area contributed by atoms with Gasteiger partial charge >= 0.3 is 5.97 Å². The Hall–Kier alpha value is -3.06. The molecule has 3 aromatic rings. The van der Waals surface area contributed by atoms with E-state index in [-0.39, 0.29) is 11.7 Å². The maximum atomic E-state index is 11.1. The Morgan fingerprint density at radius 1 is 1.08 bits per heavy atom. The summed E-state index contributed by atoms with van der Waals surface area (Å²) in [4.78, 5) is 26.4. The van der Waals surface area contributed by atoms with Crippen molar-refractivity contribution >= 4 is 29.3 Å². The van der Waals surface area contributed by atoms with Crippen molar-refractivity contribution in [2.75, 3.05) is 11.1 Å². The molecule has 0 spiro atoms. The van der Waals surface area contributed by atoms with E-state index >= 15 is 0 Å². The zero-order valence-corrected chi connectivity index (χ0v) is 14.7. The van der Waals surface area contributed by atoms with Gasteiger partial charge < -0.3 is 14.8 Å². The minimum absolute atomic E-state index is 0.129. The Balaban J connectivity index is 1.98. The van der Waals surface area contributed by atoms with E-state index in [1.54, 1.807) is 12.1 Å². The average molecular weight is 368 g/mol. The lowest BCUT2D eigenvalue weighted by Gasteiger charge is -2.04. The minimum atomic E-state index is -0.935. The second kappa shape index (κ2) is 7.88. The number of oxazole rings is 1. The first-order valence-electron chi connectivity index (χ1n) is 7.82. The highest BCUT2D eigenvalue weighted by Crippen LogP contribution is 2.35. The third kappa shape index (κ3) is 4.31. The maximum absolute atomic E-state index is 11.1. The maximum Gasteiger partial charge on any atom is 0.314 e. The molecule has 0 saturated heterocycles. The molecule has 6 nitrogen and oxygen atoms in total. The number of benzene rings is 2. The van der Waals surface area contributed by atoms with Crippen molar-refractivity contribution in [1.29, 1.82) is 0 Å². The van der Waals surface area contributed by atoms with Crippen LogP contribution in [0.5, 0.6) is 0 Å². The van der Waals surface area contributed by atoms with Crippen molar-refractivity contribution in [1.82, 2.24) is 4.98 Å². The summed E-state index contributed by atoms with van der Waals surface area (Å²) in [6, 6.07) is 16.7. The van der Waals surface area contributed by atoms with Gasteiger partial charge in [-0.05, 0) is 12.1 Å². The summed E-state index contributed by atoms with van der Waals surface area (Å²) in [5, 5.41) is 11.9. The van der Waals surface area contributed by atoms with Crippen LogP contribution in [0.15, 0.2) is 64.2 Å². The SMILES string of the molecule is CC(=O)Nc1ccc(-c2nc(SCC(=O)O)oc2-c2ccccc2)cc1. The van der Waals surface area contributed by atoms with E-state index in [9.17, 15) is 9.59 Å². The standard InChI is InChI=1S/C19H16N2O4S/c1-12(22)20-15-9-7-13(8-10-15)17-18(14-5-3-2-4-6-14)25-19(21-17)26-11-16(23)24/h2-10H,11H2,1H3,(H,20,22)(H,23,24). The number of carbonyl (C=O) groups excluding carboxylic acids is 1. The van der Waals surface area contributed by atoms with E-state index in [1.807, 2.05) is 42.5 Å². The van der Waals surface area contributed by atoms with Gasteiger partial charge in [0.25, 0.3) is 5.22 Å². The van der Waals surface area contributed by atoms with Crippen molar-refractivity contribution in [2.24, 2.45) is 0 Å². The summed E-state index contributed by atoms with van der Waals surface area (Å²) in [6.07, 6.45) is 0. The van der Waals surface area contributed by atoms with Crippen LogP contribution in [-0.2, 0) is 9.59 Å². The topological polar surface area (TPSA) is 92.4 Å². The van der Waals surface area contributed by atoms with Crippen LogP contribution in [0.2, 0.25) is 0 Å². The molecule has 0 saturated carbocycles. The number of thioether (sulfide) groups is 1. The summed E-state index contributed by atoms with van der Waals surface area (Å²) < 4.78 is 5.82. The fourth-order valence-electron chi connectivity index (χ4n) is 2.38. The molecular weight excluding hydrogens is 352 g/mol. The molecule has 2 N–H and O–H groups in total. The highest BCUT2D eigenvalue weighted by molar-refractivity contribution is 7.99. The molecule has 0 aliphatic rings. The van der Waals surface area contributed by atoms with Gasteiger partial charge in [0.15, 0.2) is 5.76 Å². The zero-order valence-electron chi connectivity index (χ0n) is 13.9. The lowest BCUT2D eigenvalue weighted by atomic mass is 10.1. The Labute approximate surface area is 154 Å². The van der Waals surface area contributed by atoms with Crippen LogP contribution in [0.1, 0.15) is 6.92 Å². The molecule has 1 aromatic heterocycles. The number of nitrogens with one attached hydrogen (secondary N) is 1. The molecule has 2 aromatic carbocycles. The molecule has 3 rings (SSSR count). The minimum Gasteiger partial charge on any atom is -0.481 e. The summed E-state index contributed by atoms with van der Waals surface area (Å²) in [6.45, 7) is 1.45. The van der Waals surface area contributed by atoms with Crippen LogP contribution < -0.4 is 5.32 Å². The van der Waals surface area contributed by atoms with Crippen molar-refractivity contribution in [2.45, 2.75) is 12.1 Å². The van der Waals surface area contributed by atoms with Gasteiger partial charge in [-0.1, -0.05) is 54.2 Å². The molecule has 0 radical (unpaired) electrons. The second-order valence-electron chi connectivity index (χ2n) is 5.46. The molecule has 26 heavy (non-hydrogen) atoms. The van der Waals surface area contributed by atoms with Crippen LogP contribution >= 0.6 is 11.8 Å². The van der Waals surface area contributed by atoms with Crippen LogP contribution in [0, 0.1) is 0 Å². The number of carboxylic acid groups (broad SMARTS) is 1. The number of anilines is 1. The van der Waals surface area contributed by atoms with E-state index in [0.29, 0.717) is 22.4 Å². The number of amides is 1. The number of carboxylic acids is 1. The average Bonchev–Trinajstić information content (AvgIpc) is 3.05. The Morgan fingerprint density at radius 3 is 2.38 bits per heavy atom. The number of rotatable bonds is 6. The van der Waals surface area contributed by atoms with Crippen molar-refractivity contribution in [3.63, 3.8) is 0 Å². The predicted octanol–water partition coefficient (Wildman–Crippen LogP) is 4.14. The molecule has 1 amide bonds. The number of hydrogen-bond donors (Lipinski definition) is 2. The Kier molecular flexibility index (Phi) is 5.38. The molecular formula is C19H16N2O4S. The highest BCUT2D eigenvalue weighted by Gasteiger charge is 2.18. The molecule has 0 unspecified atom stereocenters. The summed E-state index contributed by atoms with van der Waals surface area (Å²) in [5.41, 5.74) is 2.97.